The fourth-order valence-corrected chi connectivity index (χ4v) is 1.61. The zero-order valence-electron chi connectivity index (χ0n) is 9.06. The number of aromatic nitrogens is 3. The maximum Gasteiger partial charge on any atom is 0.417 e. The number of nitrogens with zero attached hydrogens (tertiary/aromatic N) is 1. The number of H-pyrrole nitrogens is 2. The van der Waals surface area contributed by atoms with Crippen LogP contribution in [0.25, 0.3) is 11.1 Å². The molecule has 0 aliphatic rings. The summed E-state index contributed by atoms with van der Waals surface area (Å²) in [5, 5.41) is 8.93. The molecule has 1 amide bonds. The number of fused-ring (bicyclic) bond motifs is 1. The topological polar surface area (TPSA) is 104 Å². The van der Waals surface area contributed by atoms with Gasteiger partial charge in [0.25, 0.3) is 5.91 Å². The third-order valence-corrected chi connectivity index (χ3v) is 2.44. The SMILES string of the molecule is O=C(Nc1ccc2oc(=O)[nH]c2c1)c1cn[nH]c1. The van der Waals surface area contributed by atoms with E-state index in [2.05, 4.69) is 20.5 Å². The van der Waals surface area contributed by atoms with E-state index in [0.29, 0.717) is 22.4 Å². The van der Waals surface area contributed by atoms with Gasteiger partial charge in [0.15, 0.2) is 5.58 Å². The lowest BCUT2D eigenvalue weighted by Gasteiger charge is -2.02. The molecule has 90 valence electrons. The van der Waals surface area contributed by atoms with E-state index in [9.17, 15) is 9.59 Å². The van der Waals surface area contributed by atoms with E-state index < -0.39 is 5.76 Å². The van der Waals surface area contributed by atoms with Gasteiger partial charge < -0.3 is 9.73 Å². The molecule has 0 spiro atoms. The number of carbonyl (C=O) groups excluding carboxylic acids is 1. The number of hydrogen-bond donors (Lipinski definition) is 3. The Balaban J connectivity index is 1.91. The number of carbonyl (C=O) groups is 1. The highest BCUT2D eigenvalue weighted by Crippen LogP contribution is 2.16. The fourth-order valence-electron chi connectivity index (χ4n) is 1.61. The molecule has 0 saturated heterocycles. The summed E-state index contributed by atoms with van der Waals surface area (Å²) in [4.78, 5) is 25.3. The lowest BCUT2D eigenvalue weighted by atomic mass is 10.2. The Hall–Kier alpha value is -2.83. The van der Waals surface area contributed by atoms with Gasteiger partial charge in [-0.25, -0.2) is 4.79 Å². The molecule has 7 nitrogen and oxygen atoms in total. The minimum absolute atomic E-state index is 0.283. The molecule has 2 heterocycles. The quantitative estimate of drug-likeness (QED) is 0.627. The van der Waals surface area contributed by atoms with Gasteiger partial charge >= 0.3 is 5.76 Å². The molecular formula is C11H8N4O3. The van der Waals surface area contributed by atoms with Crippen LogP contribution < -0.4 is 11.1 Å². The Morgan fingerprint density at radius 1 is 1.39 bits per heavy atom. The molecule has 0 fully saturated rings. The zero-order chi connectivity index (χ0) is 12.5. The first-order valence-corrected chi connectivity index (χ1v) is 5.15. The normalized spacial score (nSPS) is 10.7. The van der Waals surface area contributed by atoms with Crippen molar-refractivity contribution in [2.75, 3.05) is 5.32 Å². The largest absolute Gasteiger partial charge is 0.417 e. The van der Waals surface area contributed by atoms with Crippen molar-refractivity contribution in [1.82, 2.24) is 15.2 Å². The second kappa shape index (κ2) is 3.88. The molecule has 0 saturated carbocycles. The van der Waals surface area contributed by atoms with Crippen molar-refractivity contribution >= 4 is 22.7 Å². The minimum atomic E-state index is -0.525. The molecule has 3 rings (SSSR count). The maximum atomic E-state index is 11.7. The highest BCUT2D eigenvalue weighted by Gasteiger charge is 2.08. The molecule has 0 bridgehead atoms. The van der Waals surface area contributed by atoms with Gasteiger partial charge in [-0.1, -0.05) is 0 Å². The molecular weight excluding hydrogens is 236 g/mol. The number of amides is 1. The van der Waals surface area contributed by atoms with Crippen molar-refractivity contribution in [2.45, 2.75) is 0 Å². The van der Waals surface area contributed by atoms with E-state index >= 15 is 0 Å². The van der Waals surface area contributed by atoms with Crippen LogP contribution in [0.2, 0.25) is 0 Å². The van der Waals surface area contributed by atoms with Gasteiger partial charge in [-0.05, 0) is 18.2 Å². The summed E-state index contributed by atoms with van der Waals surface area (Å²) in [7, 11) is 0. The molecule has 0 atom stereocenters. The average Bonchev–Trinajstić information content (AvgIpc) is 2.95. The van der Waals surface area contributed by atoms with E-state index in [-0.39, 0.29) is 5.91 Å². The summed E-state index contributed by atoms with van der Waals surface area (Å²) in [6, 6.07) is 4.88. The first-order valence-electron chi connectivity index (χ1n) is 5.15. The predicted octanol–water partition coefficient (Wildman–Crippen LogP) is 1.10. The standard InChI is InChI=1S/C11H8N4O3/c16-10(6-4-12-13-5-6)14-7-1-2-9-8(3-7)15-11(17)18-9/h1-5H,(H,12,13)(H,14,16)(H,15,17). The number of hydrogen-bond acceptors (Lipinski definition) is 4. The van der Waals surface area contributed by atoms with Crippen LogP contribution in [-0.4, -0.2) is 21.1 Å². The van der Waals surface area contributed by atoms with Crippen molar-refractivity contribution < 1.29 is 9.21 Å². The van der Waals surface area contributed by atoms with Crippen LogP contribution in [0.1, 0.15) is 10.4 Å². The fraction of sp³-hybridized carbons (Fsp3) is 0. The number of aromatic amines is 2. The Bertz CT molecular complexity index is 754. The number of benzene rings is 1. The Kier molecular flexibility index (Phi) is 2.23. The van der Waals surface area contributed by atoms with Crippen LogP contribution >= 0.6 is 0 Å². The summed E-state index contributed by atoms with van der Waals surface area (Å²) in [6.45, 7) is 0. The molecule has 7 heteroatoms. The lowest BCUT2D eigenvalue weighted by molar-refractivity contribution is 0.102. The minimum Gasteiger partial charge on any atom is -0.408 e. The summed E-state index contributed by atoms with van der Waals surface area (Å²) >= 11 is 0. The van der Waals surface area contributed by atoms with Gasteiger partial charge in [-0.15, -0.1) is 0 Å². The molecule has 0 aliphatic carbocycles. The molecule has 2 aromatic heterocycles. The zero-order valence-corrected chi connectivity index (χ0v) is 9.06. The van der Waals surface area contributed by atoms with E-state index in [1.165, 1.54) is 12.4 Å². The van der Waals surface area contributed by atoms with Crippen LogP contribution in [-0.2, 0) is 0 Å². The van der Waals surface area contributed by atoms with Gasteiger partial charge in [0.1, 0.15) is 0 Å². The third kappa shape index (κ3) is 1.77. The first kappa shape index (κ1) is 10.3. The number of anilines is 1. The maximum absolute atomic E-state index is 11.7. The average molecular weight is 244 g/mol. The second-order valence-electron chi connectivity index (χ2n) is 3.67. The third-order valence-electron chi connectivity index (χ3n) is 2.44. The summed E-state index contributed by atoms with van der Waals surface area (Å²) < 4.78 is 4.86. The van der Waals surface area contributed by atoms with Crippen molar-refractivity contribution in [3.05, 3.63) is 46.7 Å². The molecule has 0 unspecified atom stereocenters. The van der Waals surface area contributed by atoms with Crippen molar-refractivity contribution in [3.8, 4) is 0 Å². The highest BCUT2D eigenvalue weighted by molar-refractivity contribution is 6.04. The molecule has 3 N–H and O–H groups in total. The van der Waals surface area contributed by atoms with Gasteiger partial charge in [-0.2, -0.15) is 5.10 Å². The summed E-state index contributed by atoms with van der Waals surface area (Å²) in [5.41, 5.74) is 1.97. The van der Waals surface area contributed by atoms with Crippen LogP contribution in [0.3, 0.4) is 0 Å². The van der Waals surface area contributed by atoms with Crippen LogP contribution in [0, 0.1) is 0 Å². The van der Waals surface area contributed by atoms with E-state index in [4.69, 9.17) is 4.42 Å². The molecule has 0 radical (unpaired) electrons. The van der Waals surface area contributed by atoms with E-state index in [1.807, 2.05) is 0 Å². The smallest absolute Gasteiger partial charge is 0.408 e. The predicted molar refractivity (Wildman–Crippen MR) is 63.4 cm³/mol. The monoisotopic (exact) mass is 244 g/mol. The van der Waals surface area contributed by atoms with Gasteiger partial charge in [0, 0.05) is 11.9 Å². The van der Waals surface area contributed by atoms with Crippen molar-refractivity contribution in [3.63, 3.8) is 0 Å². The highest BCUT2D eigenvalue weighted by atomic mass is 16.4. The van der Waals surface area contributed by atoms with E-state index in [0.717, 1.165) is 0 Å². The Labute approximate surface area is 99.8 Å². The lowest BCUT2D eigenvalue weighted by Crippen LogP contribution is -2.10. The molecule has 18 heavy (non-hydrogen) atoms. The van der Waals surface area contributed by atoms with Crippen LogP contribution in [0.15, 0.2) is 39.8 Å². The van der Waals surface area contributed by atoms with Gasteiger partial charge in [-0.3, -0.25) is 14.9 Å². The molecule has 3 aromatic rings. The number of rotatable bonds is 2. The van der Waals surface area contributed by atoms with Gasteiger partial charge in [0.05, 0.1) is 17.3 Å². The number of nitrogens with one attached hydrogen (secondary N) is 3. The van der Waals surface area contributed by atoms with Gasteiger partial charge in [0.2, 0.25) is 0 Å². The van der Waals surface area contributed by atoms with Crippen molar-refractivity contribution in [2.24, 2.45) is 0 Å². The summed E-state index contributed by atoms with van der Waals surface area (Å²) in [5.74, 6) is -0.808. The van der Waals surface area contributed by atoms with Crippen molar-refractivity contribution in [1.29, 1.82) is 0 Å². The van der Waals surface area contributed by atoms with Crippen LogP contribution in [0.5, 0.6) is 0 Å². The van der Waals surface area contributed by atoms with E-state index in [1.54, 1.807) is 18.2 Å². The number of oxazole rings is 1. The Morgan fingerprint density at radius 2 is 2.28 bits per heavy atom. The molecule has 1 aromatic carbocycles. The molecule has 0 aliphatic heterocycles. The first-order chi connectivity index (χ1) is 8.72. The second-order valence-corrected chi connectivity index (χ2v) is 3.67. The van der Waals surface area contributed by atoms with Crippen LogP contribution in [0.4, 0.5) is 5.69 Å². The Morgan fingerprint density at radius 3 is 3.06 bits per heavy atom. The summed E-state index contributed by atoms with van der Waals surface area (Å²) in [6.07, 6.45) is 2.92.